The monoisotopic (exact) mass is 527 g/mol. The van der Waals surface area contributed by atoms with Crippen LogP contribution in [0.4, 0.5) is 17.3 Å². The first-order valence-corrected chi connectivity index (χ1v) is 14.6. The number of fused-ring (bicyclic) bond motifs is 2. The van der Waals surface area contributed by atoms with Gasteiger partial charge in [-0.25, -0.2) is 18.4 Å². The number of sulfone groups is 1. The zero-order chi connectivity index (χ0) is 26.2. The molecule has 12 heteroatoms. The summed E-state index contributed by atoms with van der Waals surface area (Å²) in [6, 6.07) is 7.07. The Labute approximate surface area is 216 Å². The van der Waals surface area contributed by atoms with Crippen molar-refractivity contribution in [3.8, 4) is 0 Å². The van der Waals surface area contributed by atoms with Gasteiger partial charge in [-0.15, -0.1) is 0 Å². The second-order valence-electron chi connectivity index (χ2n) is 10.3. The zero-order valence-corrected chi connectivity index (χ0v) is 21.6. The highest BCUT2D eigenvalue weighted by Gasteiger charge is 2.37. The Morgan fingerprint density at radius 3 is 2.46 bits per heavy atom. The first kappa shape index (κ1) is 25.4. The number of anilines is 3. The summed E-state index contributed by atoms with van der Waals surface area (Å²) in [6.45, 7) is 1.34. The summed E-state index contributed by atoms with van der Waals surface area (Å²) in [5, 5.41) is 9.89. The molecule has 2 bridgehead atoms. The second kappa shape index (κ2) is 10.3. The van der Waals surface area contributed by atoms with E-state index in [1.807, 2.05) is 0 Å². The normalized spacial score (nSPS) is 25.5. The number of carbonyl (C=O) groups is 2. The fourth-order valence-electron chi connectivity index (χ4n) is 5.62. The van der Waals surface area contributed by atoms with E-state index >= 15 is 0 Å². The summed E-state index contributed by atoms with van der Waals surface area (Å²) in [4.78, 5) is 36.1. The highest BCUT2D eigenvalue weighted by atomic mass is 32.2. The van der Waals surface area contributed by atoms with Gasteiger partial charge in [0, 0.05) is 49.1 Å². The number of rotatable bonds is 7. The second-order valence-corrected chi connectivity index (χ2v) is 12.3. The maximum Gasteiger partial charge on any atom is 0.271 e. The third-order valence-electron chi connectivity index (χ3n) is 7.47. The van der Waals surface area contributed by atoms with Gasteiger partial charge in [0.15, 0.2) is 21.3 Å². The van der Waals surface area contributed by atoms with Gasteiger partial charge in [-0.3, -0.25) is 9.59 Å². The molecule has 5 rings (SSSR count). The van der Waals surface area contributed by atoms with Crippen molar-refractivity contribution in [1.82, 2.24) is 20.6 Å². The lowest BCUT2D eigenvalue weighted by atomic mass is 9.91. The van der Waals surface area contributed by atoms with Gasteiger partial charge in [-0.05, 0) is 62.8 Å². The minimum absolute atomic E-state index is 0.00588. The van der Waals surface area contributed by atoms with E-state index in [-0.39, 0.29) is 34.3 Å². The molecule has 3 saturated heterocycles. The minimum atomic E-state index is -3.33. The van der Waals surface area contributed by atoms with Crippen LogP contribution in [-0.2, 0) is 14.6 Å². The Hall–Kier alpha value is -3.25. The summed E-state index contributed by atoms with van der Waals surface area (Å²) in [6.07, 6.45) is 8.56. The maximum absolute atomic E-state index is 13.0. The molecule has 0 saturated carbocycles. The molecule has 1 aromatic heterocycles. The highest BCUT2D eigenvalue weighted by Crippen LogP contribution is 2.31. The van der Waals surface area contributed by atoms with Crippen molar-refractivity contribution in [3.63, 3.8) is 0 Å². The molecule has 2 unspecified atom stereocenters. The number of primary amides is 1. The van der Waals surface area contributed by atoms with Crippen molar-refractivity contribution in [3.05, 3.63) is 36.2 Å². The van der Waals surface area contributed by atoms with E-state index in [4.69, 9.17) is 5.73 Å². The molecule has 198 valence electrons. The molecule has 0 spiro atoms. The lowest BCUT2D eigenvalue weighted by Gasteiger charge is -2.35. The number of nitrogens with zero attached hydrogens (tertiary/aromatic N) is 3. The lowest BCUT2D eigenvalue weighted by molar-refractivity contribution is -0.127. The number of hydrogen-bond acceptors (Lipinski definition) is 9. The number of carbonyl (C=O) groups excluding carboxylic acids is 2. The Kier molecular flexibility index (Phi) is 7.04. The van der Waals surface area contributed by atoms with Gasteiger partial charge in [0.1, 0.15) is 5.82 Å². The van der Waals surface area contributed by atoms with Crippen molar-refractivity contribution in [2.45, 2.75) is 61.5 Å². The minimum Gasteiger partial charge on any atom is -0.364 e. The van der Waals surface area contributed by atoms with E-state index in [2.05, 4.69) is 30.8 Å². The van der Waals surface area contributed by atoms with Gasteiger partial charge in [0.05, 0.1) is 11.1 Å². The Balaban J connectivity index is 1.28. The zero-order valence-electron chi connectivity index (χ0n) is 20.8. The fourth-order valence-corrected chi connectivity index (χ4v) is 6.25. The number of nitrogens with one attached hydrogen (secondary N) is 3. The average Bonchev–Trinajstić information content (AvgIpc) is 3.21. The highest BCUT2D eigenvalue weighted by molar-refractivity contribution is 7.90. The molecule has 3 fully saturated rings. The Bertz CT molecular complexity index is 1270. The SMILES string of the molecule is CS(=O)(=O)c1ccc(Nc2nc(N3CCC[C@@H](NC(=O)C4CC5CCC(C4)N5)C3)cnc2C(N)=O)cc1. The number of nitrogens with two attached hydrogens (primary N) is 1. The third-order valence-corrected chi connectivity index (χ3v) is 8.60. The quantitative estimate of drug-likeness (QED) is 0.417. The van der Waals surface area contributed by atoms with Crippen LogP contribution in [0, 0.1) is 5.92 Å². The van der Waals surface area contributed by atoms with Gasteiger partial charge < -0.3 is 26.6 Å². The van der Waals surface area contributed by atoms with Crippen LogP contribution in [0.15, 0.2) is 35.4 Å². The predicted molar refractivity (Wildman–Crippen MR) is 139 cm³/mol. The largest absolute Gasteiger partial charge is 0.364 e. The Morgan fingerprint density at radius 1 is 1.11 bits per heavy atom. The van der Waals surface area contributed by atoms with Crippen molar-refractivity contribution < 1.29 is 18.0 Å². The molecule has 3 aliphatic rings. The number of hydrogen-bond donors (Lipinski definition) is 4. The molecular weight excluding hydrogens is 494 g/mol. The molecule has 2 aromatic rings. The van der Waals surface area contributed by atoms with E-state index in [1.165, 1.54) is 18.3 Å². The molecule has 4 heterocycles. The molecule has 5 N–H and O–H groups in total. The standard InChI is InChI=1S/C25H33N7O4S/c1-37(35,36)20-8-6-16(7-9-20)29-24-22(23(26)33)27-13-21(31-24)32-10-2-3-19(14-32)30-25(34)15-11-17-4-5-18(12-15)28-17/h6-9,13,15,17-19,28H,2-5,10-12,14H2,1H3,(H2,26,33)(H,29,31)(H,30,34)/t15?,17?,18?,19-/m1/s1. The lowest BCUT2D eigenvalue weighted by Crippen LogP contribution is -2.51. The third kappa shape index (κ3) is 5.85. The first-order valence-electron chi connectivity index (χ1n) is 12.7. The van der Waals surface area contributed by atoms with E-state index < -0.39 is 15.7 Å². The van der Waals surface area contributed by atoms with Crippen molar-refractivity contribution in [2.75, 3.05) is 29.6 Å². The van der Waals surface area contributed by atoms with Crippen LogP contribution < -0.4 is 26.6 Å². The molecule has 1 aromatic carbocycles. The van der Waals surface area contributed by atoms with E-state index in [1.54, 1.807) is 12.1 Å². The molecule has 3 aliphatic heterocycles. The molecule has 2 amide bonds. The summed E-state index contributed by atoms with van der Waals surface area (Å²) in [5.41, 5.74) is 6.05. The van der Waals surface area contributed by atoms with Crippen molar-refractivity contribution in [1.29, 1.82) is 0 Å². The summed E-state index contributed by atoms with van der Waals surface area (Å²) in [5.74, 6) is 0.232. The molecular formula is C25H33N7O4S. The van der Waals surface area contributed by atoms with Crippen LogP contribution in [0.5, 0.6) is 0 Å². The number of piperidine rings is 2. The van der Waals surface area contributed by atoms with Crippen LogP contribution in [0.25, 0.3) is 0 Å². The van der Waals surface area contributed by atoms with Gasteiger partial charge >= 0.3 is 0 Å². The summed E-state index contributed by atoms with van der Waals surface area (Å²) < 4.78 is 23.5. The van der Waals surface area contributed by atoms with Crippen LogP contribution in [0.3, 0.4) is 0 Å². The summed E-state index contributed by atoms with van der Waals surface area (Å²) >= 11 is 0. The first-order chi connectivity index (χ1) is 17.7. The van der Waals surface area contributed by atoms with Crippen LogP contribution in [-0.4, -0.2) is 67.7 Å². The van der Waals surface area contributed by atoms with Crippen LogP contribution >= 0.6 is 0 Å². The average molecular weight is 528 g/mol. The predicted octanol–water partition coefficient (Wildman–Crippen LogP) is 1.34. The van der Waals surface area contributed by atoms with Gasteiger partial charge in [0.2, 0.25) is 5.91 Å². The van der Waals surface area contributed by atoms with Crippen LogP contribution in [0.1, 0.15) is 49.0 Å². The molecule has 0 aliphatic carbocycles. The molecule has 11 nitrogen and oxygen atoms in total. The smallest absolute Gasteiger partial charge is 0.271 e. The molecule has 37 heavy (non-hydrogen) atoms. The Morgan fingerprint density at radius 2 is 1.81 bits per heavy atom. The number of aromatic nitrogens is 2. The fraction of sp³-hybridized carbons (Fsp3) is 0.520. The molecule has 0 radical (unpaired) electrons. The maximum atomic E-state index is 13.0. The van der Waals surface area contributed by atoms with Crippen LogP contribution in [0.2, 0.25) is 0 Å². The van der Waals surface area contributed by atoms with Gasteiger partial charge in [-0.2, -0.15) is 0 Å². The van der Waals surface area contributed by atoms with Gasteiger partial charge in [0.25, 0.3) is 5.91 Å². The van der Waals surface area contributed by atoms with Gasteiger partial charge in [-0.1, -0.05) is 0 Å². The van der Waals surface area contributed by atoms with Crippen molar-refractivity contribution in [2.24, 2.45) is 11.7 Å². The van der Waals surface area contributed by atoms with E-state index in [9.17, 15) is 18.0 Å². The van der Waals surface area contributed by atoms with E-state index in [0.717, 1.165) is 51.3 Å². The number of amides is 2. The summed E-state index contributed by atoms with van der Waals surface area (Å²) in [7, 11) is -3.33. The number of benzene rings is 1. The topological polar surface area (TPSA) is 159 Å². The van der Waals surface area contributed by atoms with Crippen molar-refractivity contribution >= 4 is 39.0 Å². The van der Waals surface area contributed by atoms with E-state index in [0.29, 0.717) is 30.1 Å². The molecule has 3 atom stereocenters.